The van der Waals surface area contributed by atoms with Crippen LogP contribution in [0.3, 0.4) is 0 Å². The number of amides is 1. The quantitative estimate of drug-likeness (QED) is 0.449. The van der Waals surface area contributed by atoms with E-state index in [0.717, 1.165) is 18.5 Å². The summed E-state index contributed by atoms with van der Waals surface area (Å²) in [5.41, 5.74) is 11.5. The van der Waals surface area contributed by atoms with Crippen molar-refractivity contribution < 1.29 is 9.73 Å². The molecule has 0 atom stereocenters. The lowest BCUT2D eigenvalue weighted by Gasteiger charge is -2.13. The van der Waals surface area contributed by atoms with Gasteiger partial charge in [0.2, 0.25) is 0 Å². The number of aryl methyl sites for hydroxylation is 2. The molecule has 158 valence electrons. The average Bonchev–Trinajstić information content (AvgIpc) is 3.07. The molecular weight excluding hydrogens is 386 g/mol. The normalized spacial score (nSPS) is 14.7. The largest absolute Gasteiger partial charge is 0.341 e. The number of benzene rings is 2. The van der Waals surface area contributed by atoms with Crippen LogP contribution in [0.25, 0.3) is 23.1 Å². The van der Waals surface area contributed by atoms with Crippen molar-refractivity contribution in [3.63, 3.8) is 0 Å². The molecule has 0 bridgehead atoms. The fourth-order valence-corrected chi connectivity index (χ4v) is 4.09. The summed E-state index contributed by atoms with van der Waals surface area (Å²) in [7, 11) is 0. The van der Waals surface area contributed by atoms with E-state index in [1.54, 1.807) is 0 Å². The standard InChI is InChI=1S/C26H27N3O2/c1-5-29-25-12-10-20(14-21-9-7-6-8-17(21)2)15-23(25)24-16-22(11-13-26(24)29)18(3)27-31-28-19(4)30/h6-14,16H,5,15H2,1-4H3,(H,28,30). The van der Waals surface area contributed by atoms with Crippen molar-refractivity contribution in [1.29, 1.82) is 0 Å². The van der Waals surface area contributed by atoms with Crippen LogP contribution in [0.5, 0.6) is 0 Å². The van der Waals surface area contributed by atoms with Crippen LogP contribution < -0.4 is 5.48 Å². The van der Waals surface area contributed by atoms with Crippen molar-refractivity contribution in [2.75, 3.05) is 0 Å². The summed E-state index contributed by atoms with van der Waals surface area (Å²) in [6, 6.07) is 14.8. The minimum Gasteiger partial charge on any atom is -0.341 e. The molecule has 0 radical (unpaired) electrons. The molecule has 0 aliphatic heterocycles. The number of rotatable bonds is 5. The Bertz CT molecular complexity index is 1250. The molecule has 1 aromatic heterocycles. The number of hydroxylamine groups is 1. The number of carbonyl (C=O) groups excluding carboxylic acids is 1. The smallest absolute Gasteiger partial charge is 0.251 e. The van der Waals surface area contributed by atoms with Crippen molar-refractivity contribution in [3.05, 3.63) is 82.1 Å². The number of hydrogen-bond acceptors (Lipinski definition) is 3. The molecule has 0 saturated heterocycles. The topological polar surface area (TPSA) is 55.6 Å². The van der Waals surface area contributed by atoms with Gasteiger partial charge in [-0.3, -0.25) is 9.73 Å². The molecule has 0 unspecified atom stereocenters. The first-order chi connectivity index (χ1) is 15.0. The second kappa shape index (κ2) is 8.64. The van der Waals surface area contributed by atoms with Gasteiger partial charge in [0.05, 0.1) is 5.71 Å². The molecule has 1 heterocycles. The highest BCUT2D eigenvalue weighted by Crippen LogP contribution is 2.34. The monoisotopic (exact) mass is 413 g/mol. The molecule has 0 fully saturated rings. The zero-order valence-corrected chi connectivity index (χ0v) is 18.4. The molecule has 2 aromatic carbocycles. The van der Waals surface area contributed by atoms with Crippen LogP contribution in [0, 0.1) is 6.92 Å². The first-order valence-corrected chi connectivity index (χ1v) is 10.5. The van der Waals surface area contributed by atoms with E-state index >= 15 is 0 Å². The van der Waals surface area contributed by atoms with Crippen LogP contribution in [0.15, 0.2) is 59.3 Å². The molecule has 5 nitrogen and oxygen atoms in total. The number of allylic oxidation sites excluding steroid dienone is 2. The van der Waals surface area contributed by atoms with Gasteiger partial charge in [-0.1, -0.05) is 47.6 Å². The minimum atomic E-state index is -0.291. The summed E-state index contributed by atoms with van der Waals surface area (Å²) < 4.78 is 2.36. The van der Waals surface area contributed by atoms with Crippen LogP contribution in [-0.4, -0.2) is 16.2 Å². The highest BCUT2D eigenvalue weighted by molar-refractivity contribution is 6.03. The van der Waals surface area contributed by atoms with Gasteiger partial charge in [0.15, 0.2) is 0 Å². The summed E-state index contributed by atoms with van der Waals surface area (Å²) >= 11 is 0. The number of carbonyl (C=O) groups is 1. The van der Waals surface area contributed by atoms with Gasteiger partial charge < -0.3 is 4.57 Å². The molecule has 4 rings (SSSR count). The predicted octanol–water partition coefficient (Wildman–Crippen LogP) is 5.41. The zero-order valence-electron chi connectivity index (χ0n) is 18.4. The SMILES string of the molecule is CCn1c2c(c3cc(C(C)=NONC(C)=O)ccc31)CC(=Cc1ccccc1C)C=C2. The highest BCUT2D eigenvalue weighted by Gasteiger charge is 2.19. The fraction of sp³-hybridized carbons (Fsp3) is 0.231. The number of oxime groups is 1. The lowest BCUT2D eigenvalue weighted by Crippen LogP contribution is -2.18. The van der Waals surface area contributed by atoms with E-state index < -0.39 is 0 Å². The van der Waals surface area contributed by atoms with Gasteiger partial charge in [0, 0.05) is 36.5 Å². The second-order valence-corrected chi connectivity index (χ2v) is 7.85. The summed E-state index contributed by atoms with van der Waals surface area (Å²) in [6.07, 6.45) is 7.62. The second-order valence-electron chi connectivity index (χ2n) is 7.85. The highest BCUT2D eigenvalue weighted by atomic mass is 16.8. The Kier molecular flexibility index (Phi) is 5.76. The molecule has 5 heteroatoms. The Morgan fingerprint density at radius 3 is 2.74 bits per heavy atom. The molecule has 1 amide bonds. The van der Waals surface area contributed by atoms with Gasteiger partial charge in [-0.15, -0.1) is 0 Å². The van der Waals surface area contributed by atoms with Gasteiger partial charge >= 0.3 is 0 Å². The first kappa shape index (κ1) is 20.7. The number of aromatic nitrogens is 1. The molecule has 1 N–H and O–H groups in total. The van der Waals surface area contributed by atoms with Crippen LogP contribution >= 0.6 is 0 Å². The Labute approximate surface area is 182 Å². The molecule has 0 spiro atoms. The zero-order chi connectivity index (χ0) is 22.0. The third-order valence-electron chi connectivity index (χ3n) is 5.68. The Morgan fingerprint density at radius 2 is 2.00 bits per heavy atom. The van der Waals surface area contributed by atoms with E-state index in [0.29, 0.717) is 5.71 Å². The maximum atomic E-state index is 11.0. The fourth-order valence-electron chi connectivity index (χ4n) is 4.09. The number of fused-ring (bicyclic) bond motifs is 3. The summed E-state index contributed by atoms with van der Waals surface area (Å²) in [5, 5.41) is 5.24. The maximum absolute atomic E-state index is 11.0. The first-order valence-electron chi connectivity index (χ1n) is 10.5. The number of nitrogens with one attached hydrogen (secondary N) is 1. The van der Waals surface area contributed by atoms with Crippen molar-refractivity contribution in [1.82, 2.24) is 10.0 Å². The molecular formula is C26H27N3O2. The summed E-state index contributed by atoms with van der Waals surface area (Å²) in [4.78, 5) is 15.9. The third kappa shape index (κ3) is 4.17. The van der Waals surface area contributed by atoms with Crippen molar-refractivity contribution in [3.8, 4) is 0 Å². The summed E-state index contributed by atoms with van der Waals surface area (Å²) in [5.74, 6) is -0.291. The average molecular weight is 414 g/mol. The predicted molar refractivity (Wildman–Crippen MR) is 127 cm³/mol. The van der Waals surface area contributed by atoms with E-state index in [9.17, 15) is 4.79 Å². The van der Waals surface area contributed by atoms with Gasteiger partial charge in [-0.2, -0.15) is 5.48 Å². The van der Waals surface area contributed by atoms with E-state index in [4.69, 9.17) is 4.94 Å². The minimum absolute atomic E-state index is 0.291. The Morgan fingerprint density at radius 1 is 1.19 bits per heavy atom. The lowest BCUT2D eigenvalue weighted by molar-refractivity contribution is -0.131. The van der Waals surface area contributed by atoms with Crippen LogP contribution in [-0.2, 0) is 22.7 Å². The lowest BCUT2D eigenvalue weighted by atomic mass is 9.93. The molecule has 31 heavy (non-hydrogen) atoms. The van der Waals surface area contributed by atoms with Crippen LogP contribution in [0.2, 0.25) is 0 Å². The van der Waals surface area contributed by atoms with E-state index in [-0.39, 0.29) is 5.91 Å². The van der Waals surface area contributed by atoms with E-state index in [1.807, 2.05) is 13.0 Å². The van der Waals surface area contributed by atoms with Crippen LogP contribution in [0.1, 0.15) is 48.7 Å². The van der Waals surface area contributed by atoms with Gasteiger partial charge in [-0.25, -0.2) is 0 Å². The summed E-state index contributed by atoms with van der Waals surface area (Å²) in [6.45, 7) is 8.48. The Balaban J connectivity index is 1.74. The van der Waals surface area contributed by atoms with Gasteiger partial charge in [-0.05, 0) is 66.8 Å². The van der Waals surface area contributed by atoms with E-state index in [1.165, 1.54) is 45.8 Å². The van der Waals surface area contributed by atoms with Gasteiger partial charge in [0.25, 0.3) is 5.91 Å². The molecule has 3 aromatic rings. The number of nitrogens with zero attached hydrogens (tertiary/aromatic N) is 2. The van der Waals surface area contributed by atoms with Gasteiger partial charge in [0.1, 0.15) is 0 Å². The van der Waals surface area contributed by atoms with Crippen molar-refractivity contribution >= 4 is 34.7 Å². The van der Waals surface area contributed by atoms with Crippen molar-refractivity contribution in [2.45, 2.75) is 40.7 Å². The molecule has 1 aliphatic carbocycles. The molecule has 0 saturated carbocycles. The number of hydrogen-bond donors (Lipinski definition) is 1. The Hall–Kier alpha value is -3.60. The van der Waals surface area contributed by atoms with Crippen LogP contribution in [0.4, 0.5) is 0 Å². The third-order valence-corrected chi connectivity index (χ3v) is 5.68. The maximum Gasteiger partial charge on any atom is 0.251 e. The van der Waals surface area contributed by atoms with E-state index in [2.05, 4.69) is 83.7 Å². The van der Waals surface area contributed by atoms with Crippen molar-refractivity contribution in [2.24, 2.45) is 5.16 Å². The molecule has 1 aliphatic rings.